The van der Waals surface area contributed by atoms with Crippen molar-refractivity contribution in [1.29, 1.82) is 0 Å². The van der Waals surface area contributed by atoms with Crippen molar-refractivity contribution >= 4 is 0 Å². The Hall–Kier alpha value is 0. The first-order valence-corrected chi connectivity index (χ1v) is 53.8. The van der Waals surface area contributed by atoms with Gasteiger partial charge >= 0.3 is 0 Å². The maximum atomic E-state index is 1.94. The molecule has 0 aromatic heterocycles. The first kappa shape index (κ1) is 36.1. The maximum Gasteiger partial charge on any atom is -0.0000249 e. The third-order valence-electron chi connectivity index (χ3n) is 94.7. The molecule has 0 amide bonds. The SMILES string of the molecule is C1CC2C1C1C2C2C1C1C2C2C1C1C2C2C1C1C2C2C1C1CC3C4C5C6C7C8C9CC%10C%11C%12C%13C%14C%15C%16C%17C%18C%19CC%20C%21C%22C%23C%24CC%25C%26C%27C%28C%29C%30C%31C%32C%33C4(C132)C51C62C73C84C9%10C%115C%126C%137C%148C%159C%16%10C%17%11C%18%12C%20%19C%21%13C%22%14C%23%15C%24%25C%26%16C%27%17C%28%18C%29%19C%30%20C%31%21C%32%22C%331C21C32C45C63C74C85C96C%107C%118C%13%12C%149C%15%16C%17%10C%18%11C%19%12C%20%13C%21%14C%221C23C4%14C5%13C6%12C7%11C98%10. The van der Waals surface area contributed by atoms with E-state index in [2.05, 4.69) is 0 Å². The molecule has 0 radical (unpaired) electrons. The van der Waals surface area contributed by atoms with E-state index in [1.165, 1.54) is 312 Å². The highest BCUT2D eigenvalue weighted by Gasteiger charge is 3.85. The Kier molecular flexibility index (Phi) is 1.84. The molecule has 0 heterocycles. The molecule has 0 saturated heterocycles. The van der Waals surface area contributed by atoms with E-state index >= 15 is 0 Å². The van der Waals surface area contributed by atoms with Crippen molar-refractivity contribution in [2.45, 2.75) is 38.5 Å². The zero-order chi connectivity index (χ0) is 59.1. The van der Waals surface area contributed by atoms with Gasteiger partial charge in [0.1, 0.15) is 0 Å². The molecule has 0 aromatic rings. The normalized spacial score (nSPS) is 144. The van der Waals surface area contributed by atoms with Crippen molar-refractivity contribution in [2.75, 3.05) is 0 Å². The molecular formula is C108H62. The number of hydrogen-bond acceptors (Lipinski definition) is 0. The predicted molar refractivity (Wildman–Crippen MR) is 337 cm³/mol. The van der Waals surface area contributed by atoms with Crippen LogP contribution < -0.4 is 0 Å². The summed E-state index contributed by atoms with van der Waals surface area (Å²) in [4.78, 5) is 0. The molecule has 102 atom stereocenters. The van der Waals surface area contributed by atoms with Crippen LogP contribution in [-0.2, 0) is 0 Å². The molecule has 78 rings (SSSR count). The quantitative estimate of drug-likeness (QED) is 0.213. The van der Waals surface area contributed by atoms with Crippen molar-refractivity contribution in [3.63, 3.8) is 0 Å². The van der Waals surface area contributed by atoms with E-state index < -0.39 is 0 Å². The molecule has 78 aliphatic rings. The molecule has 78 aliphatic carbocycles. The summed E-state index contributed by atoms with van der Waals surface area (Å²) in [5.41, 5.74) is 59.2. The monoisotopic (exact) mass is 1360 g/mol. The van der Waals surface area contributed by atoms with E-state index in [4.69, 9.17) is 0 Å². The predicted octanol–water partition coefficient (Wildman–Crippen LogP) is 9.30. The van der Waals surface area contributed by atoms with E-state index in [0.29, 0.717) is 0 Å². The van der Waals surface area contributed by atoms with E-state index in [-0.39, 0.29) is 0 Å². The Morgan fingerprint density at radius 2 is 0.370 bits per heavy atom. The lowest BCUT2D eigenvalue weighted by molar-refractivity contribution is -1.20. The Bertz CT molecular complexity index is 8250. The highest BCUT2D eigenvalue weighted by atomic mass is 15.9. The van der Waals surface area contributed by atoms with Gasteiger partial charge in [-0.1, -0.05) is 0 Å². The molecule has 0 aromatic carbocycles. The summed E-state index contributed by atoms with van der Waals surface area (Å²) in [7, 11) is 0. The Balaban J connectivity index is 0.492. The molecule has 0 N–H and O–H groups in total. The van der Waals surface area contributed by atoms with Crippen LogP contribution in [0.3, 0.4) is 0 Å². The molecule has 102 unspecified atom stereocenters. The van der Waals surface area contributed by atoms with Gasteiger partial charge in [-0.3, -0.25) is 0 Å². The molecule has 78 fully saturated rings. The Labute approximate surface area is 611 Å². The minimum absolute atomic E-state index is 1.04. The number of hydrogen-bond donors (Lipinski definition) is 0. The van der Waals surface area contributed by atoms with E-state index in [1.807, 2.05) is 25.7 Å². The minimum atomic E-state index is 1.04. The molecule has 0 bridgehead atoms. The summed E-state index contributed by atoms with van der Waals surface area (Å²) in [5.74, 6) is 70.3. The third kappa shape index (κ3) is 0.785. The van der Waals surface area contributed by atoms with Crippen LogP contribution in [0.5, 0.6) is 0 Å². The fourth-order valence-corrected chi connectivity index (χ4v) is 121. The van der Waals surface area contributed by atoms with Crippen molar-refractivity contribution in [3.8, 4) is 0 Å². The van der Waals surface area contributed by atoms with Gasteiger partial charge in [-0.05, 0) is 616 Å². The molecule has 78 saturated carbocycles. The maximum absolute atomic E-state index is 1.94. The first-order valence-electron chi connectivity index (χ1n) is 53.8. The van der Waals surface area contributed by atoms with Crippen LogP contribution in [0, 0.1) is 577 Å². The third-order valence-corrected chi connectivity index (χ3v) is 94.7. The second kappa shape index (κ2) is 5.49. The topological polar surface area (TPSA) is 0 Å². The van der Waals surface area contributed by atoms with Crippen molar-refractivity contribution in [1.82, 2.24) is 0 Å². The van der Waals surface area contributed by atoms with Crippen molar-refractivity contribution in [3.05, 3.63) is 54.1 Å². The number of rotatable bonds is 0. The second-order valence-corrected chi connectivity index (χ2v) is 70.4. The Morgan fingerprint density at radius 3 is 0.750 bits per heavy atom. The van der Waals surface area contributed by atoms with Gasteiger partial charge in [0.25, 0.3) is 0 Å². The van der Waals surface area contributed by atoms with Crippen molar-refractivity contribution < 1.29 is 0 Å². The fraction of sp³-hybridized carbons (Fsp3) is 1.00. The summed E-state index contributed by atoms with van der Waals surface area (Å²) in [6, 6.07) is 0. The highest BCUT2D eigenvalue weighted by molar-refractivity contribution is 6.65. The highest BCUT2D eigenvalue weighted by Crippen LogP contribution is 3.88. The molecule has 0 nitrogen and oxygen atoms in total. The van der Waals surface area contributed by atoms with Crippen LogP contribution in [0.4, 0.5) is 0 Å². The van der Waals surface area contributed by atoms with E-state index in [1.54, 1.807) is 12.8 Å². The largest absolute Gasteiger partial charge is 0.0496 e. The average molecular weight is 1360 g/mol. The molecule has 52 spiro atoms. The van der Waals surface area contributed by atoms with Crippen LogP contribution in [-0.4, -0.2) is 0 Å². The van der Waals surface area contributed by atoms with Crippen LogP contribution in [0.1, 0.15) is 38.5 Å². The van der Waals surface area contributed by atoms with Gasteiger partial charge in [-0.15, -0.1) is 0 Å². The van der Waals surface area contributed by atoms with E-state index in [0.717, 1.165) is 265 Å². The Morgan fingerprint density at radius 1 is 0.130 bits per heavy atom. The smallest absolute Gasteiger partial charge is 0.0000249 e. The molecule has 494 valence electrons. The lowest BCUT2D eigenvalue weighted by atomic mass is 8.22. The van der Waals surface area contributed by atoms with Gasteiger partial charge in [-0.25, -0.2) is 0 Å². The second-order valence-electron chi connectivity index (χ2n) is 70.4. The fourth-order valence-electron chi connectivity index (χ4n) is 121. The summed E-state index contributed by atoms with van der Waals surface area (Å²) >= 11 is 0. The van der Waals surface area contributed by atoms with Crippen molar-refractivity contribution in [2.24, 2.45) is 523 Å². The van der Waals surface area contributed by atoms with Gasteiger partial charge in [0.15, 0.2) is 0 Å². The summed E-state index contributed by atoms with van der Waals surface area (Å²) in [6.45, 7) is 0. The molecule has 0 heteroatoms. The molecule has 0 aliphatic heterocycles. The molecular weight excluding hydrogens is 1300 g/mol. The average Bonchev–Trinajstić information content (AvgIpc) is 0.399. The summed E-state index contributed by atoms with van der Waals surface area (Å²) in [6.07, 6.45) is 11.1. The molecule has 108 heavy (non-hydrogen) atoms. The minimum Gasteiger partial charge on any atom is -0.0496 e. The van der Waals surface area contributed by atoms with Gasteiger partial charge in [0, 0.05) is 0 Å². The van der Waals surface area contributed by atoms with Gasteiger partial charge in [0.05, 0.1) is 0 Å². The zero-order valence-corrected chi connectivity index (χ0v) is 59.1. The van der Waals surface area contributed by atoms with Gasteiger partial charge < -0.3 is 0 Å². The van der Waals surface area contributed by atoms with Crippen LogP contribution in [0.2, 0.25) is 0 Å². The lowest BCUT2D eigenvalue weighted by Crippen LogP contribution is -3.76. The van der Waals surface area contributed by atoms with Crippen LogP contribution in [0.15, 0.2) is 0 Å². The standard InChI is InChI=1S/C108H62/c1-2-8-7(1)17-18(8)21-20(17)23-24(21)27-26(23)28-25-22-19-9-3-10-32-40-46-42-35-15-6-16-38-44-48-51-50-47-43-36-13-4-11-33-41-34-12-5-14-37-45-49-52-53-54-55-56-61(32,57(9,10)39(19)31(22)30(25)29(27)28)62(40)69(46)71(42)65(35)60(15,16)68(38)74(44)76(48)79(51)78(50)75(47)72(43)66(36)58(11,13)63(33)70(41)64(34)59(12,14)67(37)73(45)77(49)80(52)81(53)82(54)83(55)84(56,62)88(69)90(71)87(65,68)93(74)97(76)100(79)99(78)95(75)91(72)85(63,66)89(70)86(64,67)92(73)96(77)101(80)102(81)98(82)94(83,88)104(90,93)106(97,98)108(100,102)107(99,101)105(95,96)103(89,91)92/h7-56H,1-6H2. The van der Waals surface area contributed by atoms with Crippen LogP contribution in [0.25, 0.3) is 0 Å². The zero-order valence-electron chi connectivity index (χ0n) is 59.1. The van der Waals surface area contributed by atoms with Gasteiger partial charge in [0.2, 0.25) is 0 Å². The lowest BCUT2D eigenvalue weighted by Gasteiger charge is -3.79. The van der Waals surface area contributed by atoms with Crippen LogP contribution >= 0.6 is 0 Å². The van der Waals surface area contributed by atoms with Gasteiger partial charge in [-0.2, -0.15) is 0 Å². The van der Waals surface area contributed by atoms with E-state index in [9.17, 15) is 0 Å². The summed E-state index contributed by atoms with van der Waals surface area (Å²) < 4.78 is 0. The summed E-state index contributed by atoms with van der Waals surface area (Å²) in [5, 5.41) is 0. The number of fused-ring (bicyclic) bond motifs is 53. The first-order chi connectivity index (χ1) is 53.8.